The summed E-state index contributed by atoms with van der Waals surface area (Å²) in [5.74, 6) is 0.134. The highest BCUT2D eigenvalue weighted by molar-refractivity contribution is 5.10. The number of allylic oxidation sites excluding steroid dienone is 1. The SMILES string of the molecule is C[C@@H]1CCCC1=C(F)F. The van der Waals surface area contributed by atoms with Crippen LogP contribution in [0.25, 0.3) is 0 Å². The zero-order chi connectivity index (χ0) is 6.85. The molecule has 0 bridgehead atoms. The van der Waals surface area contributed by atoms with Gasteiger partial charge in [-0.05, 0) is 30.8 Å². The van der Waals surface area contributed by atoms with Crippen LogP contribution in [0.4, 0.5) is 8.78 Å². The van der Waals surface area contributed by atoms with E-state index < -0.39 is 6.08 Å². The topological polar surface area (TPSA) is 0 Å². The molecule has 2 heteroatoms. The van der Waals surface area contributed by atoms with Gasteiger partial charge in [0.05, 0.1) is 0 Å². The van der Waals surface area contributed by atoms with Crippen LogP contribution in [0.2, 0.25) is 0 Å². The van der Waals surface area contributed by atoms with Gasteiger partial charge in [-0.2, -0.15) is 8.78 Å². The van der Waals surface area contributed by atoms with Crippen molar-refractivity contribution in [1.29, 1.82) is 0 Å². The predicted molar refractivity (Wildman–Crippen MR) is 32.3 cm³/mol. The van der Waals surface area contributed by atoms with Gasteiger partial charge in [0.15, 0.2) is 0 Å². The van der Waals surface area contributed by atoms with Gasteiger partial charge in [-0.15, -0.1) is 0 Å². The molecule has 0 saturated heterocycles. The summed E-state index contributed by atoms with van der Waals surface area (Å²) >= 11 is 0. The summed E-state index contributed by atoms with van der Waals surface area (Å²) in [4.78, 5) is 0. The molecule has 0 nitrogen and oxygen atoms in total. The minimum absolute atomic E-state index is 0.134. The monoisotopic (exact) mass is 132 g/mol. The molecule has 0 aromatic rings. The van der Waals surface area contributed by atoms with Crippen LogP contribution in [0.5, 0.6) is 0 Å². The van der Waals surface area contributed by atoms with Crippen molar-refractivity contribution in [2.24, 2.45) is 5.92 Å². The molecule has 1 saturated carbocycles. The van der Waals surface area contributed by atoms with Gasteiger partial charge >= 0.3 is 0 Å². The molecule has 1 rings (SSSR count). The van der Waals surface area contributed by atoms with Crippen LogP contribution in [0.15, 0.2) is 11.7 Å². The van der Waals surface area contributed by atoms with E-state index in [0.717, 1.165) is 12.8 Å². The van der Waals surface area contributed by atoms with Crippen molar-refractivity contribution in [3.8, 4) is 0 Å². The molecule has 0 aliphatic heterocycles. The predicted octanol–water partition coefficient (Wildman–Crippen LogP) is 2.96. The van der Waals surface area contributed by atoms with Crippen LogP contribution in [0.3, 0.4) is 0 Å². The van der Waals surface area contributed by atoms with E-state index >= 15 is 0 Å². The van der Waals surface area contributed by atoms with Gasteiger partial charge in [0, 0.05) is 0 Å². The molecule has 0 aromatic heterocycles. The number of halogens is 2. The highest BCUT2D eigenvalue weighted by Crippen LogP contribution is 2.33. The minimum Gasteiger partial charge on any atom is -0.173 e. The second-order valence-electron chi connectivity index (χ2n) is 2.58. The van der Waals surface area contributed by atoms with E-state index in [9.17, 15) is 8.78 Å². The van der Waals surface area contributed by atoms with Gasteiger partial charge < -0.3 is 0 Å². The number of hydrogen-bond donors (Lipinski definition) is 0. The third-order valence-electron chi connectivity index (χ3n) is 1.92. The Morgan fingerprint density at radius 2 is 2.22 bits per heavy atom. The quantitative estimate of drug-likeness (QED) is 0.475. The van der Waals surface area contributed by atoms with Gasteiger partial charge in [0.2, 0.25) is 0 Å². The van der Waals surface area contributed by atoms with Crippen molar-refractivity contribution in [2.45, 2.75) is 26.2 Å². The molecule has 0 N–H and O–H groups in total. The molecule has 0 unspecified atom stereocenters. The summed E-state index contributed by atoms with van der Waals surface area (Å²) < 4.78 is 23.7. The molecular formula is C7H10F2. The maximum atomic E-state index is 11.9. The molecule has 0 aromatic carbocycles. The first kappa shape index (κ1) is 6.72. The fourth-order valence-electron chi connectivity index (χ4n) is 1.30. The minimum atomic E-state index is -1.44. The Hall–Kier alpha value is -0.400. The smallest absolute Gasteiger partial charge is 0.173 e. The molecule has 1 atom stereocenters. The highest BCUT2D eigenvalue weighted by atomic mass is 19.3. The van der Waals surface area contributed by atoms with Crippen LogP contribution in [0.1, 0.15) is 26.2 Å². The van der Waals surface area contributed by atoms with E-state index in [2.05, 4.69) is 0 Å². The van der Waals surface area contributed by atoms with E-state index in [0.29, 0.717) is 12.0 Å². The molecular weight excluding hydrogens is 122 g/mol. The van der Waals surface area contributed by atoms with Crippen molar-refractivity contribution in [3.63, 3.8) is 0 Å². The van der Waals surface area contributed by atoms with E-state index in [-0.39, 0.29) is 5.92 Å². The largest absolute Gasteiger partial charge is 0.269 e. The maximum Gasteiger partial charge on any atom is 0.269 e. The molecule has 52 valence electrons. The first-order valence-corrected chi connectivity index (χ1v) is 3.26. The molecule has 0 radical (unpaired) electrons. The Labute approximate surface area is 53.6 Å². The van der Waals surface area contributed by atoms with Crippen molar-refractivity contribution in [1.82, 2.24) is 0 Å². The lowest BCUT2D eigenvalue weighted by atomic mass is 10.1. The van der Waals surface area contributed by atoms with Crippen molar-refractivity contribution < 1.29 is 8.78 Å². The molecule has 9 heavy (non-hydrogen) atoms. The Bertz CT molecular complexity index is 134. The van der Waals surface area contributed by atoms with Crippen LogP contribution >= 0.6 is 0 Å². The lowest BCUT2D eigenvalue weighted by molar-refractivity contribution is 0.400. The van der Waals surface area contributed by atoms with Gasteiger partial charge in [-0.3, -0.25) is 0 Å². The third kappa shape index (κ3) is 1.29. The van der Waals surface area contributed by atoms with Gasteiger partial charge in [-0.25, -0.2) is 0 Å². The highest BCUT2D eigenvalue weighted by Gasteiger charge is 2.20. The summed E-state index contributed by atoms with van der Waals surface area (Å²) in [5, 5.41) is 0. The average Bonchev–Trinajstić information content (AvgIpc) is 2.13. The summed E-state index contributed by atoms with van der Waals surface area (Å²) in [7, 11) is 0. The second-order valence-corrected chi connectivity index (χ2v) is 2.58. The number of hydrogen-bond acceptors (Lipinski definition) is 0. The molecule has 0 heterocycles. The first-order chi connectivity index (χ1) is 4.22. The molecule has 1 fully saturated rings. The fourth-order valence-corrected chi connectivity index (χ4v) is 1.30. The van der Waals surface area contributed by atoms with Crippen LogP contribution < -0.4 is 0 Å². The molecule has 1 aliphatic rings. The summed E-state index contributed by atoms with van der Waals surface area (Å²) in [6.07, 6.45) is 1.05. The summed E-state index contributed by atoms with van der Waals surface area (Å²) in [5.41, 5.74) is 0.384. The first-order valence-electron chi connectivity index (χ1n) is 3.26. The molecule has 0 spiro atoms. The maximum absolute atomic E-state index is 11.9. The zero-order valence-corrected chi connectivity index (χ0v) is 5.45. The zero-order valence-electron chi connectivity index (χ0n) is 5.45. The van der Waals surface area contributed by atoms with Crippen LogP contribution in [-0.4, -0.2) is 0 Å². The van der Waals surface area contributed by atoms with Gasteiger partial charge in [-0.1, -0.05) is 6.92 Å². The fraction of sp³-hybridized carbons (Fsp3) is 0.714. The number of rotatable bonds is 0. The molecule has 0 amide bonds. The Kier molecular flexibility index (Phi) is 1.84. The van der Waals surface area contributed by atoms with Crippen LogP contribution in [-0.2, 0) is 0 Å². The van der Waals surface area contributed by atoms with Crippen molar-refractivity contribution >= 4 is 0 Å². The lowest BCUT2D eigenvalue weighted by Crippen LogP contribution is -1.88. The summed E-state index contributed by atoms with van der Waals surface area (Å²) in [6.45, 7) is 1.86. The normalized spacial score (nSPS) is 27.0. The summed E-state index contributed by atoms with van der Waals surface area (Å²) in [6, 6.07) is 0. The Morgan fingerprint density at radius 3 is 2.44 bits per heavy atom. The average molecular weight is 132 g/mol. The Balaban J connectivity index is 2.70. The van der Waals surface area contributed by atoms with E-state index in [1.165, 1.54) is 0 Å². The van der Waals surface area contributed by atoms with E-state index in [1.54, 1.807) is 0 Å². The Morgan fingerprint density at radius 1 is 1.56 bits per heavy atom. The van der Waals surface area contributed by atoms with Crippen molar-refractivity contribution in [2.75, 3.05) is 0 Å². The third-order valence-corrected chi connectivity index (χ3v) is 1.92. The van der Waals surface area contributed by atoms with Gasteiger partial charge in [0.1, 0.15) is 0 Å². The van der Waals surface area contributed by atoms with Crippen molar-refractivity contribution in [3.05, 3.63) is 11.7 Å². The van der Waals surface area contributed by atoms with E-state index in [1.807, 2.05) is 6.92 Å². The second kappa shape index (κ2) is 2.46. The van der Waals surface area contributed by atoms with Crippen LogP contribution in [0, 0.1) is 5.92 Å². The van der Waals surface area contributed by atoms with E-state index in [4.69, 9.17) is 0 Å². The van der Waals surface area contributed by atoms with Gasteiger partial charge in [0.25, 0.3) is 6.08 Å². The standard InChI is InChI=1S/C7H10F2/c1-5-3-2-4-6(5)7(8)9/h5H,2-4H2,1H3/t5-/m1/s1. The molecule has 1 aliphatic carbocycles. The lowest BCUT2D eigenvalue weighted by Gasteiger charge is -1.99.